The quantitative estimate of drug-likeness (QED) is 0.207. The Kier molecular flexibility index (Phi) is 10.7. The van der Waals surface area contributed by atoms with Gasteiger partial charge in [-0.15, -0.1) is 0 Å². The monoisotopic (exact) mass is 637 g/mol. The molecule has 2 amide bonds. The van der Waals surface area contributed by atoms with E-state index in [0.29, 0.717) is 15.9 Å². The van der Waals surface area contributed by atoms with E-state index in [9.17, 15) is 31.2 Å². The lowest BCUT2D eigenvalue weighted by Gasteiger charge is -2.34. The Morgan fingerprint density at radius 1 is 0.822 bits per heavy atom. The average molecular weight is 638 g/mol. The summed E-state index contributed by atoms with van der Waals surface area (Å²) >= 11 is 0. The number of aryl methyl sites for hydroxylation is 1. The maximum atomic E-state index is 14.3. The molecule has 7 nitrogen and oxygen atoms in total. The van der Waals surface area contributed by atoms with Crippen molar-refractivity contribution >= 4 is 27.5 Å². The van der Waals surface area contributed by atoms with E-state index in [1.807, 2.05) is 18.2 Å². The Balaban J connectivity index is 1.82. The molecule has 11 heteroatoms. The van der Waals surface area contributed by atoms with Crippen LogP contribution in [0, 0.1) is 6.92 Å². The van der Waals surface area contributed by atoms with Gasteiger partial charge in [0.25, 0.3) is 10.0 Å². The Hall–Kier alpha value is -4.64. The zero-order chi connectivity index (χ0) is 32.6. The molecule has 4 aromatic carbocycles. The Bertz CT molecular complexity index is 1700. The molecule has 236 valence electrons. The minimum Gasteiger partial charge on any atom is -0.355 e. The summed E-state index contributed by atoms with van der Waals surface area (Å²) in [6.45, 7) is 2.89. The molecule has 4 aromatic rings. The molecule has 1 unspecified atom stereocenters. The summed E-state index contributed by atoms with van der Waals surface area (Å²) in [5.41, 5.74) is 0.815. The Labute approximate surface area is 261 Å². The maximum Gasteiger partial charge on any atom is 0.416 e. The third kappa shape index (κ3) is 8.51. The first-order valence-corrected chi connectivity index (χ1v) is 15.8. The number of nitrogens with one attached hydrogen (secondary N) is 1. The standard InChI is InChI=1S/C34H34F3N3O4S/c1-3-38-33(42)31(21-26-11-6-4-7-12-26)39(23-27-13-8-5-9-14-27)32(41)24-40(29-16-10-15-28(22-29)34(35,36)37)45(43,44)30-19-17-25(2)18-20-30/h4-20,22,31H,3,21,23-24H2,1-2H3,(H,38,42). The van der Waals surface area contributed by atoms with Crippen LogP contribution in [0.15, 0.2) is 114 Å². The number of anilines is 1. The molecule has 1 N–H and O–H groups in total. The smallest absolute Gasteiger partial charge is 0.355 e. The van der Waals surface area contributed by atoms with Gasteiger partial charge in [0.2, 0.25) is 11.8 Å². The SMILES string of the molecule is CCNC(=O)C(Cc1ccccc1)N(Cc1ccccc1)C(=O)CN(c1cccc(C(F)(F)F)c1)S(=O)(=O)c1ccc(C)cc1. The summed E-state index contributed by atoms with van der Waals surface area (Å²) in [4.78, 5) is 28.9. The van der Waals surface area contributed by atoms with Crippen LogP contribution in [-0.2, 0) is 38.8 Å². The molecule has 0 heterocycles. The van der Waals surface area contributed by atoms with Crippen LogP contribution in [0.5, 0.6) is 0 Å². The summed E-state index contributed by atoms with van der Waals surface area (Å²) in [5.74, 6) is -1.21. The fourth-order valence-corrected chi connectivity index (χ4v) is 6.24. The largest absolute Gasteiger partial charge is 0.416 e. The predicted octanol–water partition coefficient (Wildman–Crippen LogP) is 5.99. The summed E-state index contributed by atoms with van der Waals surface area (Å²) < 4.78 is 69.8. The second-order valence-electron chi connectivity index (χ2n) is 10.5. The molecular weight excluding hydrogens is 603 g/mol. The highest BCUT2D eigenvalue weighted by molar-refractivity contribution is 7.92. The van der Waals surface area contributed by atoms with Gasteiger partial charge in [0.15, 0.2) is 0 Å². The molecule has 45 heavy (non-hydrogen) atoms. The molecule has 1 atom stereocenters. The topological polar surface area (TPSA) is 86.8 Å². The zero-order valence-corrected chi connectivity index (χ0v) is 25.7. The number of carbonyl (C=O) groups is 2. The molecule has 0 fully saturated rings. The van der Waals surface area contributed by atoms with Crippen molar-refractivity contribution in [3.63, 3.8) is 0 Å². The van der Waals surface area contributed by atoms with Gasteiger partial charge in [0.05, 0.1) is 16.1 Å². The number of benzene rings is 4. The molecule has 0 aliphatic rings. The van der Waals surface area contributed by atoms with Crippen molar-refractivity contribution in [2.45, 2.75) is 43.9 Å². The maximum absolute atomic E-state index is 14.3. The molecule has 0 saturated heterocycles. The van der Waals surface area contributed by atoms with Gasteiger partial charge in [-0.25, -0.2) is 8.42 Å². The lowest BCUT2D eigenvalue weighted by atomic mass is 10.0. The van der Waals surface area contributed by atoms with Crippen LogP contribution in [-0.4, -0.2) is 44.3 Å². The lowest BCUT2D eigenvalue weighted by molar-refractivity contribution is -0.140. The third-order valence-corrected chi connectivity index (χ3v) is 8.96. The molecule has 4 rings (SSSR count). The second-order valence-corrected chi connectivity index (χ2v) is 12.3. The number of likely N-dealkylation sites (N-methyl/N-ethyl adjacent to an activating group) is 1. The molecule has 0 spiro atoms. The van der Waals surface area contributed by atoms with Crippen LogP contribution in [0.25, 0.3) is 0 Å². The van der Waals surface area contributed by atoms with Crippen molar-refractivity contribution in [3.8, 4) is 0 Å². The van der Waals surface area contributed by atoms with Crippen LogP contribution < -0.4 is 9.62 Å². The van der Waals surface area contributed by atoms with Gasteiger partial charge in [0, 0.05) is 19.5 Å². The minimum atomic E-state index is -4.75. The Morgan fingerprint density at radius 2 is 1.42 bits per heavy atom. The lowest BCUT2D eigenvalue weighted by Crippen LogP contribution is -2.53. The number of nitrogens with zero attached hydrogens (tertiary/aromatic N) is 2. The summed E-state index contributed by atoms with van der Waals surface area (Å²) in [6.07, 6.45) is -4.63. The zero-order valence-electron chi connectivity index (χ0n) is 24.9. The number of carbonyl (C=O) groups excluding carboxylic acids is 2. The number of halogens is 3. The van der Waals surface area contributed by atoms with Gasteiger partial charge < -0.3 is 10.2 Å². The van der Waals surface area contributed by atoms with E-state index in [2.05, 4.69) is 5.32 Å². The van der Waals surface area contributed by atoms with Gasteiger partial charge in [-0.2, -0.15) is 13.2 Å². The van der Waals surface area contributed by atoms with Gasteiger partial charge in [-0.1, -0.05) is 84.4 Å². The highest BCUT2D eigenvalue weighted by atomic mass is 32.2. The third-order valence-electron chi connectivity index (χ3n) is 7.17. The highest BCUT2D eigenvalue weighted by Gasteiger charge is 2.36. The van der Waals surface area contributed by atoms with Crippen molar-refractivity contribution in [3.05, 3.63) is 131 Å². The van der Waals surface area contributed by atoms with E-state index in [4.69, 9.17) is 0 Å². The fourth-order valence-electron chi connectivity index (χ4n) is 4.83. The van der Waals surface area contributed by atoms with E-state index < -0.39 is 46.2 Å². The van der Waals surface area contributed by atoms with Crippen LogP contribution in [0.3, 0.4) is 0 Å². The van der Waals surface area contributed by atoms with Crippen LogP contribution >= 0.6 is 0 Å². The van der Waals surface area contributed by atoms with Crippen LogP contribution in [0.2, 0.25) is 0 Å². The van der Waals surface area contributed by atoms with E-state index in [1.165, 1.54) is 23.1 Å². The molecule has 0 aliphatic carbocycles. The van der Waals surface area contributed by atoms with Crippen molar-refractivity contribution in [2.24, 2.45) is 0 Å². The first-order valence-electron chi connectivity index (χ1n) is 14.3. The number of sulfonamides is 1. The first kappa shape index (κ1) is 33.3. The van der Waals surface area contributed by atoms with Crippen molar-refractivity contribution in [1.29, 1.82) is 0 Å². The van der Waals surface area contributed by atoms with E-state index >= 15 is 0 Å². The highest BCUT2D eigenvalue weighted by Crippen LogP contribution is 2.33. The molecule has 0 aromatic heterocycles. The summed E-state index contributed by atoms with van der Waals surface area (Å²) in [5, 5.41) is 2.77. The number of rotatable bonds is 12. The van der Waals surface area contributed by atoms with E-state index in [0.717, 1.165) is 23.3 Å². The molecule has 0 saturated carbocycles. The van der Waals surface area contributed by atoms with Gasteiger partial charge in [0.1, 0.15) is 12.6 Å². The molecule has 0 aliphatic heterocycles. The Morgan fingerprint density at radius 3 is 2.00 bits per heavy atom. The second kappa shape index (κ2) is 14.4. The molecule has 0 bridgehead atoms. The van der Waals surface area contributed by atoms with Gasteiger partial charge >= 0.3 is 6.18 Å². The normalized spacial score (nSPS) is 12.3. The van der Waals surface area contributed by atoms with Gasteiger partial charge in [-0.05, 0) is 55.3 Å². The molecular formula is C34H34F3N3O4S. The number of hydrogen-bond acceptors (Lipinski definition) is 4. The number of alkyl halides is 3. The van der Waals surface area contributed by atoms with Crippen molar-refractivity contribution in [2.75, 3.05) is 17.4 Å². The first-order chi connectivity index (χ1) is 21.4. The predicted molar refractivity (Wildman–Crippen MR) is 167 cm³/mol. The van der Waals surface area contributed by atoms with E-state index in [-0.39, 0.29) is 30.1 Å². The molecule has 0 radical (unpaired) electrons. The number of amides is 2. The van der Waals surface area contributed by atoms with Crippen LogP contribution in [0.1, 0.15) is 29.2 Å². The minimum absolute atomic E-state index is 0.0463. The average Bonchev–Trinajstić information content (AvgIpc) is 3.02. The van der Waals surface area contributed by atoms with Crippen molar-refractivity contribution in [1.82, 2.24) is 10.2 Å². The number of hydrogen-bond donors (Lipinski definition) is 1. The summed E-state index contributed by atoms with van der Waals surface area (Å²) in [6, 6.07) is 26.5. The van der Waals surface area contributed by atoms with Crippen molar-refractivity contribution < 1.29 is 31.2 Å². The van der Waals surface area contributed by atoms with Gasteiger partial charge in [-0.3, -0.25) is 13.9 Å². The van der Waals surface area contributed by atoms with E-state index in [1.54, 1.807) is 68.4 Å². The van der Waals surface area contributed by atoms with Crippen LogP contribution in [0.4, 0.5) is 18.9 Å². The summed E-state index contributed by atoms with van der Waals surface area (Å²) in [7, 11) is -4.53. The fraction of sp³-hybridized carbons (Fsp3) is 0.235.